The van der Waals surface area contributed by atoms with Gasteiger partial charge in [0.1, 0.15) is 15.7 Å². The Hall–Kier alpha value is -4.15. The van der Waals surface area contributed by atoms with Crippen LogP contribution in [0.3, 0.4) is 0 Å². The molecule has 1 aliphatic heterocycles. The summed E-state index contributed by atoms with van der Waals surface area (Å²) in [5, 5.41) is 2.32. The number of carbonyl (C=O) groups excluding carboxylic acids is 2. The van der Waals surface area contributed by atoms with Gasteiger partial charge in [-0.3, -0.25) is 14.6 Å². The van der Waals surface area contributed by atoms with Gasteiger partial charge in [-0.2, -0.15) is 13.2 Å². The van der Waals surface area contributed by atoms with Gasteiger partial charge in [-0.05, 0) is 42.7 Å². The van der Waals surface area contributed by atoms with Crippen LogP contribution < -0.4 is 11.1 Å². The molecule has 2 heterocycles. The average Bonchev–Trinajstić information content (AvgIpc) is 2.94. The molecule has 0 bridgehead atoms. The Morgan fingerprint density at radius 2 is 1.79 bits per heavy atom. The van der Waals surface area contributed by atoms with Crippen LogP contribution in [-0.4, -0.2) is 54.8 Å². The fraction of sp³-hybridized carbons (Fsp3) is 0.276. The van der Waals surface area contributed by atoms with E-state index in [1.165, 1.54) is 30.6 Å². The number of nitrogens with one attached hydrogen (secondary N) is 1. The van der Waals surface area contributed by atoms with Crippen LogP contribution in [0.4, 0.5) is 28.9 Å². The van der Waals surface area contributed by atoms with Crippen LogP contribution in [-0.2, 0) is 14.6 Å². The molecule has 0 radical (unpaired) electrons. The summed E-state index contributed by atoms with van der Waals surface area (Å²) in [4.78, 5) is 30.2. The Bertz CT molecular complexity index is 1710. The van der Waals surface area contributed by atoms with Gasteiger partial charge in [0.15, 0.2) is 6.04 Å². The molecule has 0 saturated carbocycles. The number of nitrogens with zero attached hydrogens (tertiary/aromatic N) is 2. The lowest BCUT2D eigenvalue weighted by Gasteiger charge is -2.34. The molecular formula is C29H25ClF4N4O4S. The number of benzene rings is 2. The first-order valence-electron chi connectivity index (χ1n) is 12.8. The smallest absolute Gasteiger partial charge is 0.397 e. The number of hydrogen-bond acceptors (Lipinski definition) is 6. The molecule has 43 heavy (non-hydrogen) atoms. The fourth-order valence-electron chi connectivity index (χ4n) is 4.93. The number of hydrogen-bond donors (Lipinski definition) is 2. The summed E-state index contributed by atoms with van der Waals surface area (Å²) >= 11 is 6.29. The number of aromatic nitrogens is 1. The molecule has 14 heteroatoms. The summed E-state index contributed by atoms with van der Waals surface area (Å²) in [7, 11) is -2.29. The molecule has 4 rings (SSSR count). The van der Waals surface area contributed by atoms with E-state index in [2.05, 4.69) is 16.2 Å². The highest BCUT2D eigenvalue weighted by molar-refractivity contribution is 7.91. The van der Waals surface area contributed by atoms with Gasteiger partial charge in [0, 0.05) is 36.0 Å². The second-order valence-electron chi connectivity index (χ2n) is 10.0. The molecule has 2 amide bonds. The molecule has 3 aromatic rings. The zero-order chi connectivity index (χ0) is 31.7. The molecule has 2 aromatic carbocycles. The highest BCUT2D eigenvalue weighted by Gasteiger charge is 2.46. The number of halogens is 5. The number of nitrogen functional groups attached to an aromatic ring is 1. The Kier molecular flexibility index (Phi) is 9.03. The molecular weight excluding hydrogens is 612 g/mol. The van der Waals surface area contributed by atoms with Crippen LogP contribution in [0.2, 0.25) is 5.02 Å². The topological polar surface area (TPSA) is 122 Å². The quantitative estimate of drug-likeness (QED) is 0.282. The van der Waals surface area contributed by atoms with E-state index < -0.39 is 45.6 Å². The first-order chi connectivity index (χ1) is 20.1. The van der Waals surface area contributed by atoms with Crippen LogP contribution in [0.5, 0.6) is 0 Å². The second-order valence-corrected chi connectivity index (χ2v) is 12.7. The van der Waals surface area contributed by atoms with Gasteiger partial charge >= 0.3 is 6.18 Å². The zero-order valence-corrected chi connectivity index (χ0v) is 24.2. The average molecular weight is 637 g/mol. The monoisotopic (exact) mass is 636 g/mol. The van der Waals surface area contributed by atoms with Crippen molar-refractivity contribution in [2.24, 2.45) is 5.92 Å². The van der Waals surface area contributed by atoms with Crippen molar-refractivity contribution in [2.75, 3.05) is 29.6 Å². The molecule has 0 unspecified atom stereocenters. The van der Waals surface area contributed by atoms with E-state index in [0.717, 1.165) is 25.2 Å². The summed E-state index contributed by atoms with van der Waals surface area (Å²) < 4.78 is 80.8. The largest absolute Gasteiger partial charge is 0.413 e. The fourth-order valence-corrected chi connectivity index (χ4v) is 6.67. The van der Waals surface area contributed by atoms with E-state index in [0.29, 0.717) is 4.90 Å². The minimum Gasteiger partial charge on any atom is -0.397 e. The molecule has 8 nitrogen and oxygen atoms in total. The molecule has 3 N–H and O–H groups in total. The number of sulfone groups is 1. The standard InChI is InChI=1S/C29H25ClF4N4O4S/c1-3-16-14-36-15-24(35)25(16)21-12-22(30)20(13-23(21)31)27(39)37-19-6-4-17(5-7-19)26(29(32,33)34)38(2)28(40)18-8-10-43(41,42)11-9-18/h1,4-7,12-15,18,26H,8-11,35H2,2H3,(H,37,39)/t26-/m0/s1. The third kappa shape index (κ3) is 6.92. The van der Waals surface area contributed by atoms with E-state index in [4.69, 9.17) is 23.8 Å². The number of amides is 2. The van der Waals surface area contributed by atoms with Gasteiger partial charge in [0.25, 0.3) is 5.91 Å². The predicted molar refractivity (Wildman–Crippen MR) is 154 cm³/mol. The second kappa shape index (κ2) is 12.2. The van der Waals surface area contributed by atoms with E-state index in [-0.39, 0.29) is 68.6 Å². The Morgan fingerprint density at radius 3 is 2.37 bits per heavy atom. The van der Waals surface area contributed by atoms with Crippen molar-refractivity contribution in [3.63, 3.8) is 0 Å². The highest BCUT2D eigenvalue weighted by Crippen LogP contribution is 2.39. The normalized spacial score (nSPS) is 15.7. The van der Waals surface area contributed by atoms with Crippen molar-refractivity contribution in [3.05, 3.63) is 76.3 Å². The number of rotatable bonds is 6. The lowest BCUT2D eigenvalue weighted by molar-refractivity contribution is -0.190. The van der Waals surface area contributed by atoms with Gasteiger partial charge in [-0.1, -0.05) is 29.7 Å². The van der Waals surface area contributed by atoms with Gasteiger partial charge < -0.3 is 16.0 Å². The number of carbonyl (C=O) groups is 2. The van der Waals surface area contributed by atoms with Gasteiger partial charge in [-0.15, -0.1) is 6.42 Å². The van der Waals surface area contributed by atoms with Gasteiger partial charge in [0.2, 0.25) is 5.91 Å². The molecule has 1 saturated heterocycles. The van der Waals surface area contributed by atoms with Crippen molar-refractivity contribution < 1.29 is 35.6 Å². The number of anilines is 2. The Morgan fingerprint density at radius 1 is 1.16 bits per heavy atom. The lowest BCUT2D eigenvalue weighted by Crippen LogP contribution is -2.44. The van der Waals surface area contributed by atoms with Crippen molar-refractivity contribution in [1.29, 1.82) is 0 Å². The predicted octanol–water partition coefficient (Wildman–Crippen LogP) is 5.24. The van der Waals surface area contributed by atoms with Crippen LogP contribution >= 0.6 is 11.6 Å². The summed E-state index contributed by atoms with van der Waals surface area (Å²) in [5.41, 5.74) is 5.91. The molecule has 1 aromatic heterocycles. The number of alkyl halides is 3. The summed E-state index contributed by atoms with van der Waals surface area (Å²) in [6.45, 7) is 0. The van der Waals surface area contributed by atoms with E-state index in [9.17, 15) is 31.2 Å². The summed E-state index contributed by atoms with van der Waals surface area (Å²) in [6, 6.07) is 4.36. The minimum atomic E-state index is -4.85. The lowest BCUT2D eigenvalue weighted by atomic mass is 9.98. The maximum Gasteiger partial charge on any atom is 0.413 e. The number of pyridine rings is 1. The number of nitrogens with two attached hydrogens (primary N) is 1. The maximum atomic E-state index is 15.1. The van der Waals surface area contributed by atoms with Crippen molar-refractivity contribution in [1.82, 2.24) is 9.88 Å². The van der Waals surface area contributed by atoms with Crippen LogP contribution in [0.15, 0.2) is 48.8 Å². The van der Waals surface area contributed by atoms with Gasteiger partial charge in [0.05, 0.1) is 39.5 Å². The van der Waals surface area contributed by atoms with E-state index >= 15 is 4.39 Å². The van der Waals surface area contributed by atoms with E-state index in [1.54, 1.807) is 0 Å². The third-order valence-corrected chi connectivity index (χ3v) is 9.16. The molecule has 1 atom stereocenters. The van der Waals surface area contributed by atoms with Crippen molar-refractivity contribution in [2.45, 2.75) is 25.1 Å². The summed E-state index contributed by atoms with van der Waals surface area (Å²) in [5.74, 6) is -1.50. The van der Waals surface area contributed by atoms with Crippen LogP contribution in [0.25, 0.3) is 11.1 Å². The van der Waals surface area contributed by atoms with Crippen LogP contribution in [0.1, 0.15) is 40.4 Å². The van der Waals surface area contributed by atoms with Crippen LogP contribution in [0, 0.1) is 24.1 Å². The minimum absolute atomic E-state index is 0.0494. The third-order valence-electron chi connectivity index (χ3n) is 7.13. The molecule has 1 aliphatic rings. The SMILES string of the molecule is C#Cc1cncc(N)c1-c1cc(Cl)c(C(=O)Nc2ccc([C@H](N(C)C(=O)C3CCS(=O)(=O)CC3)C(F)(F)F)cc2)cc1F. The molecule has 226 valence electrons. The van der Waals surface area contributed by atoms with Gasteiger partial charge in [-0.25, -0.2) is 12.8 Å². The first kappa shape index (κ1) is 31.8. The first-order valence-corrected chi connectivity index (χ1v) is 15.0. The van der Waals surface area contributed by atoms with Crippen molar-refractivity contribution in [3.8, 4) is 23.5 Å². The maximum absolute atomic E-state index is 15.1. The highest BCUT2D eigenvalue weighted by atomic mass is 35.5. The van der Waals surface area contributed by atoms with E-state index in [1.807, 2.05) is 0 Å². The number of terminal acetylenes is 1. The Labute approximate surface area is 250 Å². The zero-order valence-electron chi connectivity index (χ0n) is 22.6. The molecule has 0 aliphatic carbocycles. The Balaban J connectivity index is 1.54. The molecule has 0 spiro atoms. The van der Waals surface area contributed by atoms with Crippen molar-refractivity contribution >= 4 is 44.6 Å². The summed E-state index contributed by atoms with van der Waals surface area (Å²) in [6.07, 6.45) is 3.13. The molecule has 1 fully saturated rings.